The summed E-state index contributed by atoms with van der Waals surface area (Å²) in [5.41, 5.74) is 15.4. The van der Waals surface area contributed by atoms with Gasteiger partial charge in [0.1, 0.15) is 11.9 Å². The predicted octanol–water partition coefficient (Wildman–Crippen LogP) is 3.32. The number of aromatic nitrogens is 2. The summed E-state index contributed by atoms with van der Waals surface area (Å²) >= 11 is 0. The number of hydrogen-bond acceptors (Lipinski definition) is 5. The van der Waals surface area contributed by atoms with Crippen molar-refractivity contribution in [2.75, 3.05) is 5.32 Å². The normalized spacial score (nSPS) is 22.6. The predicted molar refractivity (Wildman–Crippen MR) is 128 cm³/mol. The summed E-state index contributed by atoms with van der Waals surface area (Å²) in [7, 11) is 0. The smallest absolute Gasteiger partial charge is 0.320 e. The van der Waals surface area contributed by atoms with Gasteiger partial charge in [-0.2, -0.15) is 5.10 Å². The van der Waals surface area contributed by atoms with E-state index in [2.05, 4.69) is 19.2 Å². The molecule has 184 valence electrons. The minimum Gasteiger partial charge on any atom is -0.480 e. The second-order valence-electron chi connectivity index (χ2n) is 10.6. The molecule has 0 spiro atoms. The topological polar surface area (TPSA) is 136 Å². The SMILES string of the molecule is Cc1nn(-c2cc(F)c(C(N)=O)c(NC3CCC(C(N)C(=O)O)CC3)c2)c2c1CCC(C)(C)C2. The number of carbonyl (C=O) groups is 2. The first-order valence-corrected chi connectivity index (χ1v) is 11.9. The van der Waals surface area contributed by atoms with Gasteiger partial charge in [-0.15, -0.1) is 0 Å². The van der Waals surface area contributed by atoms with Crippen molar-refractivity contribution >= 4 is 17.6 Å². The molecule has 4 rings (SSSR count). The van der Waals surface area contributed by atoms with Crippen LogP contribution < -0.4 is 16.8 Å². The van der Waals surface area contributed by atoms with Crippen LogP contribution in [0, 0.1) is 24.1 Å². The average molecular weight is 472 g/mol. The lowest BCUT2D eigenvalue weighted by Crippen LogP contribution is -2.41. The third kappa shape index (κ3) is 4.66. The molecule has 1 aromatic heterocycles. The summed E-state index contributed by atoms with van der Waals surface area (Å²) in [4.78, 5) is 23.3. The van der Waals surface area contributed by atoms with Crippen LogP contribution in [0.15, 0.2) is 12.1 Å². The van der Waals surface area contributed by atoms with E-state index in [4.69, 9.17) is 16.6 Å². The van der Waals surface area contributed by atoms with Gasteiger partial charge < -0.3 is 21.9 Å². The first kappa shape index (κ1) is 24.2. The highest BCUT2D eigenvalue weighted by Crippen LogP contribution is 2.38. The second kappa shape index (κ2) is 9.02. The van der Waals surface area contributed by atoms with E-state index in [1.165, 1.54) is 11.6 Å². The lowest BCUT2D eigenvalue weighted by atomic mass is 9.76. The van der Waals surface area contributed by atoms with Crippen LogP contribution in [0.4, 0.5) is 10.1 Å². The van der Waals surface area contributed by atoms with Crippen LogP contribution in [0.25, 0.3) is 5.69 Å². The number of primary amides is 1. The maximum absolute atomic E-state index is 15.2. The molecule has 0 saturated heterocycles. The summed E-state index contributed by atoms with van der Waals surface area (Å²) in [6, 6.07) is 2.13. The molecular weight excluding hydrogens is 437 g/mol. The van der Waals surface area contributed by atoms with Gasteiger partial charge in [0, 0.05) is 17.8 Å². The second-order valence-corrected chi connectivity index (χ2v) is 10.6. The molecule has 9 heteroatoms. The Labute approximate surface area is 198 Å². The van der Waals surface area contributed by atoms with E-state index in [1.807, 2.05) is 6.92 Å². The molecule has 8 nitrogen and oxygen atoms in total. The van der Waals surface area contributed by atoms with Crippen molar-refractivity contribution in [1.29, 1.82) is 0 Å². The number of nitrogens with zero attached hydrogens (tertiary/aromatic N) is 2. The van der Waals surface area contributed by atoms with E-state index in [1.54, 1.807) is 10.7 Å². The monoisotopic (exact) mass is 471 g/mol. The van der Waals surface area contributed by atoms with Crippen molar-refractivity contribution in [2.45, 2.75) is 77.8 Å². The number of aliphatic carboxylic acids is 1. The van der Waals surface area contributed by atoms with E-state index in [9.17, 15) is 14.7 Å². The summed E-state index contributed by atoms with van der Waals surface area (Å²) < 4.78 is 17.0. The molecular formula is C25H34FN5O3. The van der Waals surface area contributed by atoms with Crippen molar-refractivity contribution in [3.63, 3.8) is 0 Å². The molecule has 1 amide bonds. The van der Waals surface area contributed by atoms with Gasteiger partial charge in [-0.05, 0) is 74.8 Å². The standard InChI is InChI=1S/C25H34FN5O3/c1-13-17-8-9-25(2,3)12-20(17)31(30-13)16-10-18(26)21(23(28)32)19(11-16)29-15-6-4-14(5-7-15)22(27)24(33)34/h10-11,14-15,22,29H,4-9,12,27H2,1-3H3,(H2,28,32)(H,33,34). The molecule has 2 aromatic rings. The lowest BCUT2D eigenvalue weighted by Gasteiger charge is -2.32. The quantitative estimate of drug-likeness (QED) is 0.510. The Bertz CT molecular complexity index is 1120. The highest BCUT2D eigenvalue weighted by Gasteiger charge is 2.32. The van der Waals surface area contributed by atoms with Gasteiger partial charge >= 0.3 is 5.97 Å². The van der Waals surface area contributed by atoms with Gasteiger partial charge in [0.25, 0.3) is 5.91 Å². The van der Waals surface area contributed by atoms with Gasteiger partial charge in [-0.25, -0.2) is 9.07 Å². The molecule has 1 aromatic carbocycles. The molecule has 0 aliphatic heterocycles. The van der Waals surface area contributed by atoms with Crippen LogP contribution >= 0.6 is 0 Å². The first-order chi connectivity index (χ1) is 16.0. The highest BCUT2D eigenvalue weighted by atomic mass is 19.1. The molecule has 1 atom stereocenters. The minimum absolute atomic E-state index is 0.0443. The maximum atomic E-state index is 15.2. The largest absolute Gasteiger partial charge is 0.480 e. The molecule has 2 aliphatic rings. The van der Waals surface area contributed by atoms with E-state index in [0.29, 0.717) is 37.1 Å². The van der Waals surface area contributed by atoms with Crippen molar-refractivity contribution in [3.05, 3.63) is 40.5 Å². The van der Waals surface area contributed by atoms with Crippen LogP contribution in [0.3, 0.4) is 0 Å². The number of rotatable bonds is 6. The number of carbonyl (C=O) groups excluding carboxylic acids is 1. The average Bonchev–Trinajstić information content (AvgIpc) is 3.07. The van der Waals surface area contributed by atoms with Crippen LogP contribution in [-0.2, 0) is 17.6 Å². The van der Waals surface area contributed by atoms with Crippen LogP contribution in [0.2, 0.25) is 0 Å². The van der Waals surface area contributed by atoms with Gasteiger partial charge in [0.15, 0.2) is 0 Å². The number of aryl methyl sites for hydroxylation is 1. The van der Waals surface area contributed by atoms with E-state index < -0.39 is 23.7 Å². The zero-order valence-electron chi connectivity index (χ0n) is 20.0. The Morgan fingerprint density at radius 2 is 1.94 bits per heavy atom. The maximum Gasteiger partial charge on any atom is 0.320 e. The lowest BCUT2D eigenvalue weighted by molar-refractivity contribution is -0.140. The van der Waals surface area contributed by atoms with Crippen molar-refractivity contribution in [1.82, 2.24) is 9.78 Å². The molecule has 34 heavy (non-hydrogen) atoms. The number of anilines is 1. The van der Waals surface area contributed by atoms with E-state index in [0.717, 1.165) is 30.7 Å². The first-order valence-electron chi connectivity index (χ1n) is 11.9. The summed E-state index contributed by atoms with van der Waals surface area (Å²) in [6.07, 6.45) is 5.45. The number of fused-ring (bicyclic) bond motifs is 1. The number of carboxylic acids is 1. The van der Waals surface area contributed by atoms with Crippen molar-refractivity contribution in [3.8, 4) is 5.69 Å². The molecule has 1 heterocycles. The fourth-order valence-electron chi connectivity index (χ4n) is 5.46. The number of halogens is 1. The molecule has 0 radical (unpaired) electrons. The molecule has 1 saturated carbocycles. The fraction of sp³-hybridized carbons (Fsp3) is 0.560. The highest BCUT2D eigenvalue weighted by molar-refractivity contribution is 5.99. The van der Waals surface area contributed by atoms with Gasteiger partial charge in [-0.1, -0.05) is 13.8 Å². The molecule has 0 bridgehead atoms. The summed E-state index contributed by atoms with van der Waals surface area (Å²) in [5, 5.41) is 17.2. The van der Waals surface area contributed by atoms with Crippen LogP contribution in [-0.4, -0.2) is 38.8 Å². The van der Waals surface area contributed by atoms with Gasteiger partial charge in [0.05, 0.1) is 22.6 Å². The number of amides is 1. The van der Waals surface area contributed by atoms with E-state index >= 15 is 4.39 Å². The Morgan fingerprint density at radius 1 is 1.26 bits per heavy atom. The number of nitrogens with one attached hydrogen (secondary N) is 1. The zero-order chi connectivity index (χ0) is 24.8. The zero-order valence-corrected chi connectivity index (χ0v) is 20.0. The minimum atomic E-state index is -0.997. The Kier molecular flexibility index (Phi) is 6.42. The third-order valence-corrected chi connectivity index (χ3v) is 7.48. The third-order valence-electron chi connectivity index (χ3n) is 7.48. The fourth-order valence-corrected chi connectivity index (χ4v) is 5.46. The Hall–Kier alpha value is -2.94. The van der Waals surface area contributed by atoms with Gasteiger partial charge in [0.2, 0.25) is 0 Å². The summed E-state index contributed by atoms with van der Waals surface area (Å²) in [6.45, 7) is 6.42. The summed E-state index contributed by atoms with van der Waals surface area (Å²) in [5.74, 6) is -2.63. The molecule has 2 aliphatic carbocycles. The number of carboxylic acid groups (broad SMARTS) is 1. The van der Waals surface area contributed by atoms with Crippen LogP contribution in [0.5, 0.6) is 0 Å². The van der Waals surface area contributed by atoms with Crippen molar-refractivity contribution < 1.29 is 19.1 Å². The van der Waals surface area contributed by atoms with Gasteiger partial charge in [-0.3, -0.25) is 9.59 Å². The van der Waals surface area contributed by atoms with E-state index in [-0.39, 0.29) is 22.9 Å². The molecule has 1 unspecified atom stereocenters. The van der Waals surface area contributed by atoms with Crippen LogP contribution in [0.1, 0.15) is 73.3 Å². The number of nitrogens with two attached hydrogens (primary N) is 2. The Morgan fingerprint density at radius 3 is 2.56 bits per heavy atom. The van der Waals surface area contributed by atoms with Crippen molar-refractivity contribution in [2.24, 2.45) is 22.8 Å². The Balaban J connectivity index is 1.65. The number of hydrogen-bond donors (Lipinski definition) is 4. The molecule has 6 N–H and O–H groups in total. The number of benzene rings is 1. The molecule has 1 fully saturated rings.